The molecule has 1 aromatic rings. The molecule has 0 saturated carbocycles. The van der Waals surface area contributed by atoms with Crippen molar-refractivity contribution in [2.45, 2.75) is 13.0 Å². The van der Waals surface area contributed by atoms with Crippen molar-refractivity contribution < 1.29 is 23.9 Å². The Morgan fingerprint density at radius 3 is 2.67 bits per heavy atom. The van der Waals surface area contributed by atoms with Crippen molar-refractivity contribution in [1.82, 2.24) is 4.90 Å². The van der Waals surface area contributed by atoms with Gasteiger partial charge >= 0.3 is 12.1 Å². The number of amides is 1. The van der Waals surface area contributed by atoms with Crippen LogP contribution in [0.5, 0.6) is 0 Å². The number of piperidine rings is 1. The molecule has 0 unspecified atom stereocenters. The number of hydrogen-bond acceptors (Lipinski definition) is 5. The zero-order valence-corrected chi connectivity index (χ0v) is 11.8. The Morgan fingerprint density at radius 2 is 2.00 bits per heavy atom. The molecule has 6 heteroatoms. The van der Waals surface area contributed by atoms with Gasteiger partial charge in [-0.3, -0.25) is 9.59 Å². The third-order valence-corrected chi connectivity index (χ3v) is 3.28. The average Bonchev–Trinajstić information content (AvgIpc) is 2.52. The van der Waals surface area contributed by atoms with E-state index in [0.717, 1.165) is 5.56 Å². The minimum atomic E-state index is -0.611. The molecule has 1 amide bonds. The van der Waals surface area contributed by atoms with Crippen LogP contribution in [-0.4, -0.2) is 42.9 Å². The average molecular weight is 291 g/mol. The van der Waals surface area contributed by atoms with Crippen LogP contribution in [0.1, 0.15) is 12.0 Å². The molecule has 1 saturated heterocycles. The predicted octanol–water partition coefficient (Wildman–Crippen LogP) is 1.39. The lowest BCUT2D eigenvalue weighted by Gasteiger charge is -2.29. The number of Topliss-reactive ketones (excluding diaryl/α,β-unsaturated/α-hetero) is 1. The van der Waals surface area contributed by atoms with Crippen molar-refractivity contribution in [2.24, 2.45) is 5.92 Å². The SMILES string of the molecule is COC(=O)[C@@H]1CC(=O)CN(C(=O)OCc2ccccc2)C1. The molecule has 6 nitrogen and oxygen atoms in total. The Kier molecular flexibility index (Phi) is 4.92. The summed E-state index contributed by atoms with van der Waals surface area (Å²) < 4.78 is 9.79. The van der Waals surface area contributed by atoms with E-state index < -0.39 is 18.0 Å². The summed E-state index contributed by atoms with van der Waals surface area (Å²) in [5, 5.41) is 0. The number of nitrogens with zero attached hydrogens (tertiary/aromatic N) is 1. The highest BCUT2D eigenvalue weighted by Crippen LogP contribution is 2.16. The van der Waals surface area contributed by atoms with Gasteiger partial charge in [0.05, 0.1) is 19.6 Å². The smallest absolute Gasteiger partial charge is 0.410 e. The maximum absolute atomic E-state index is 12.0. The van der Waals surface area contributed by atoms with E-state index in [1.165, 1.54) is 12.0 Å². The monoisotopic (exact) mass is 291 g/mol. The van der Waals surface area contributed by atoms with Gasteiger partial charge in [0.2, 0.25) is 0 Å². The van der Waals surface area contributed by atoms with Crippen molar-refractivity contribution in [2.75, 3.05) is 20.2 Å². The Bertz CT molecular complexity index is 528. The molecule has 1 fully saturated rings. The van der Waals surface area contributed by atoms with Gasteiger partial charge in [0.1, 0.15) is 6.61 Å². The van der Waals surface area contributed by atoms with E-state index in [0.29, 0.717) is 0 Å². The van der Waals surface area contributed by atoms with E-state index in [1.54, 1.807) is 0 Å². The summed E-state index contributed by atoms with van der Waals surface area (Å²) in [7, 11) is 1.26. The van der Waals surface area contributed by atoms with Gasteiger partial charge < -0.3 is 14.4 Å². The lowest BCUT2D eigenvalue weighted by atomic mass is 9.98. The van der Waals surface area contributed by atoms with Crippen molar-refractivity contribution in [1.29, 1.82) is 0 Å². The van der Waals surface area contributed by atoms with E-state index in [4.69, 9.17) is 4.74 Å². The van der Waals surface area contributed by atoms with Crippen LogP contribution in [0.15, 0.2) is 30.3 Å². The number of carbonyl (C=O) groups excluding carboxylic acids is 3. The third kappa shape index (κ3) is 4.05. The molecule has 0 spiro atoms. The second-order valence-corrected chi connectivity index (χ2v) is 4.88. The second-order valence-electron chi connectivity index (χ2n) is 4.88. The molecule has 2 rings (SSSR count). The van der Waals surface area contributed by atoms with Crippen LogP contribution in [0, 0.1) is 5.92 Å². The van der Waals surface area contributed by atoms with Crippen LogP contribution in [-0.2, 0) is 25.7 Å². The lowest BCUT2D eigenvalue weighted by molar-refractivity contribution is -0.149. The van der Waals surface area contributed by atoms with Crippen LogP contribution in [0.2, 0.25) is 0 Å². The summed E-state index contributed by atoms with van der Waals surface area (Å²) >= 11 is 0. The first-order valence-corrected chi connectivity index (χ1v) is 6.65. The zero-order chi connectivity index (χ0) is 15.2. The summed E-state index contributed by atoms with van der Waals surface area (Å²) in [6.07, 6.45) is -0.490. The lowest BCUT2D eigenvalue weighted by Crippen LogP contribution is -2.46. The van der Waals surface area contributed by atoms with Crippen LogP contribution in [0.25, 0.3) is 0 Å². The molecule has 0 aliphatic carbocycles. The molecule has 1 aliphatic rings. The number of likely N-dealkylation sites (tertiary alicyclic amines) is 1. The quantitative estimate of drug-likeness (QED) is 0.787. The number of hydrogen-bond donors (Lipinski definition) is 0. The fourth-order valence-corrected chi connectivity index (χ4v) is 2.22. The number of ketones is 1. The van der Waals surface area contributed by atoms with Gasteiger partial charge in [-0.25, -0.2) is 4.79 Å². The Hall–Kier alpha value is -2.37. The number of ether oxygens (including phenoxy) is 2. The van der Waals surface area contributed by atoms with Crippen molar-refractivity contribution in [3.63, 3.8) is 0 Å². The number of benzene rings is 1. The molecule has 1 heterocycles. The van der Waals surface area contributed by atoms with Gasteiger partial charge in [-0.05, 0) is 5.56 Å². The summed E-state index contributed by atoms with van der Waals surface area (Å²) in [5.74, 6) is -1.27. The molecule has 112 valence electrons. The highest BCUT2D eigenvalue weighted by atomic mass is 16.6. The van der Waals surface area contributed by atoms with Crippen molar-refractivity contribution in [3.05, 3.63) is 35.9 Å². The highest BCUT2D eigenvalue weighted by Gasteiger charge is 2.34. The fraction of sp³-hybridized carbons (Fsp3) is 0.400. The van der Waals surface area contributed by atoms with Crippen LogP contribution < -0.4 is 0 Å². The first-order chi connectivity index (χ1) is 10.1. The van der Waals surface area contributed by atoms with Gasteiger partial charge in [0.15, 0.2) is 5.78 Å². The number of carbonyl (C=O) groups is 3. The van der Waals surface area contributed by atoms with Crippen molar-refractivity contribution >= 4 is 17.8 Å². The predicted molar refractivity (Wildman–Crippen MR) is 73.3 cm³/mol. The van der Waals surface area contributed by atoms with E-state index in [-0.39, 0.29) is 31.9 Å². The second kappa shape index (κ2) is 6.88. The highest BCUT2D eigenvalue weighted by molar-refractivity contribution is 5.90. The molecule has 21 heavy (non-hydrogen) atoms. The molecular weight excluding hydrogens is 274 g/mol. The minimum absolute atomic E-state index is 0.0267. The van der Waals surface area contributed by atoms with E-state index in [1.807, 2.05) is 30.3 Å². The number of rotatable bonds is 3. The summed E-state index contributed by atoms with van der Waals surface area (Å²) in [4.78, 5) is 36.4. The van der Waals surface area contributed by atoms with Crippen LogP contribution in [0.3, 0.4) is 0 Å². The Balaban J connectivity index is 1.92. The van der Waals surface area contributed by atoms with E-state index in [9.17, 15) is 14.4 Å². The first kappa shape index (κ1) is 15.0. The van der Waals surface area contributed by atoms with Crippen LogP contribution >= 0.6 is 0 Å². The number of esters is 1. The van der Waals surface area contributed by atoms with E-state index >= 15 is 0 Å². The molecule has 0 bridgehead atoms. The molecule has 0 radical (unpaired) electrons. The van der Waals surface area contributed by atoms with Gasteiger partial charge in [0, 0.05) is 13.0 Å². The molecule has 1 atom stereocenters. The maximum Gasteiger partial charge on any atom is 0.410 e. The van der Waals surface area contributed by atoms with E-state index in [2.05, 4.69) is 4.74 Å². The fourth-order valence-electron chi connectivity index (χ4n) is 2.22. The molecular formula is C15H17NO5. The topological polar surface area (TPSA) is 72.9 Å². The van der Waals surface area contributed by atoms with Crippen LogP contribution in [0.4, 0.5) is 4.79 Å². The van der Waals surface area contributed by atoms with Gasteiger partial charge in [-0.1, -0.05) is 30.3 Å². The summed E-state index contributed by atoms with van der Waals surface area (Å²) in [6, 6.07) is 9.25. The van der Waals surface area contributed by atoms with Gasteiger partial charge in [0.25, 0.3) is 0 Å². The first-order valence-electron chi connectivity index (χ1n) is 6.65. The summed E-state index contributed by atoms with van der Waals surface area (Å²) in [5.41, 5.74) is 0.860. The largest absolute Gasteiger partial charge is 0.469 e. The molecule has 1 aliphatic heterocycles. The summed E-state index contributed by atoms with van der Waals surface area (Å²) in [6.45, 7) is 0.250. The minimum Gasteiger partial charge on any atom is -0.469 e. The normalized spacial score (nSPS) is 18.2. The number of methoxy groups -OCH3 is 1. The molecule has 0 N–H and O–H groups in total. The molecule has 0 aromatic heterocycles. The third-order valence-electron chi connectivity index (χ3n) is 3.28. The Labute approximate surface area is 122 Å². The standard InChI is InChI=1S/C15H17NO5/c1-20-14(18)12-7-13(17)9-16(8-12)15(19)21-10-11-5-3-2-4-6-11/h2-6,12H,7-10H2,1H3/t12-/m1/s1. The van der Waals surface area contributed by atoms with Gasteiger partial charge in [-0.15, -0.1) is 0 Å². The Morgan fingerprint density at radius 1 is 1.29 bits per heavy atom. The molecule has 1 aromatic carbocycles. The zero-order valence-electron chi connectivity index (χ0n) is 11.8. The maximum atomic E-state index is 12.0. The van der Waals surface area contributed by atoms with Gasteiger partial charge in [-0.2, -0.15) is 0 Å². The van der Waals surface area contributed by atoms with Crippen molar-refractivity contribution in [3.8, 4) is 0 Å².